The van der Waals surface area contributed by atoms with Gasteiger partial charge in [0.25, 0.3) is 0 Å². The van der Waals surface area contributed by atoms with E-state index in [0.717, 1.165) is 87.0 Å². The molecule has 33 heavy (non-hydrogen) atoms. The summed E-state index contributed by atoms with van der Waals surface area (Å²) in [5, 5.41) is 3.50. The van der Waals surface area contributed by atoms with Crippen LogP contribution in [0.5, 0.6) is 0 Å². The van der Waals surface area contributed by atoms with E-state index in [1.807, 2.05) is 11.0 Å². The topological polar surface area (TPSA) is 66.9 Å². The fraction of sp³-hybridized carbons (Fsp3) is 0.538. The molecule has 4 aliphatic rings. The summed E-state index contributed by atoms with van der Waals surface area (Å²) in [6, 6.07) is 10.4. The molecule has 0 radical (unpaired) electrons. The molecule has 7 nitrogen and oxygen atoms in total. The van der Waals surface area contributed by atoms with Crippen molar-refractivity contribution in [2.75, 3.05) is 48.0 Å². The maximum absolute atomic E-state index is 14.0. The van der Waals surface area contributed by atoms with Crippen molar-refractivity contribution in [2.45, 2.75) is 44.8 Å². The number of morpholine rings is 1. The number of pyridine rings is 1. The monoisotopic (exact) mass is 448 g/mol. The van der Waals surface area contributed by atoms with Crippen LogP contribution in [0.25, 0.3) is 0 Å². The molecule has 1 aromatic carbocycles. The van der Waals surface area contributed by atoms with Crippen molar-refractivity contribution in [1.82, 2.24) is 4.98 Å². The molecule has 3 atom stereocenters. The quantitative estimate of drug-likeness (QED) is 0.746. The molecule has 0 spiro atoms. The van der Waals surface area contributed by atoms with Crippen LogP contribution in [0.15, 0.2) is 36.5 Å². The van der Waals surface area contributed by atoms with E-state index in [1.165, 1.54) is 6.42 Å². The van der Waals surface area contributed by atoms with E-state index < -0.39 is 0 Å². The Morgan fingerprint density at radius 2 is 2.00 bits per heavy atom. The molecule has 1 aliphatic carbocycles. The Bertz CT molecular complexity index is 1020. The summed E-state index contributed by atoms with van der Waals surface area (Å²) in [4.78, 5) is 23.0. The number of rotatable bonds is 2. The summed E-state index contributed by atoms with van der Waals surface area (Å²) in [5.74, 6) is 1.63. The number of ether oxygens (including phenoxy) is 2. The van der Waals surface area contributed by atoms with E-state index >= 15 is 0 Å². The molecule has 3 fully saturated rings. The molecule has 174 valence electrons. The largest absolute Gasteiger partial charge is 0.378 e. The van der Waals surface area contributed by atoms with Crippen molar-refractivity contribution in [3.8, 4) is 0 Å². The first-order chi connectivity index (χ1) is 16.3. The van der Waals surface area contributed by atoms with Crippen LogP contribution in [-0.4, -0.2) is 49.9 Å². The van der Waals surface area contributed by atoms with Crippen molar-refractivity contribution < 1.29 is 14.3 Å². The van der Waals surface area contributed by atoms with Crippen LogP contribution < -0.4 is 15.1 Å². The first-order valence-electron chi connectivity index (χ1n) is 12.4. The highest BCUT2D eigenvalue weighted by Gasteiger charge is 2.38. The molecule has 2 saturated heterocycles. The zero-order valence-corrected chi connectivity index (χ0v) is 19.0. The second-order valence-electron chi connectivity index (χ2n) is 9.68. The van der Waals surface area contributed by atoms with Crippen LogP contribution in [-0.2, 0) is 20.8 Å². The molecule has 4 heterocycles. The van der Waals surface area contributed by atoms with Crippen molar-refractivity contribution in [3.63, 3.8) is 0 Å². The SMILES string of the molecule is O=C([C@@H]1CC[C@@H]2OCCC[C@H]2C1)N1Cc2cccnc2Nc2ccc(N3CCOCC3)cc21. The number of nitrogens with one attached hydrogen (secondary N) is 1. The van der Waals surface area contributed by atoms with Gasteiger partial charge in [-0.25, -0.2) is 4.98 Å². The van der Waals surface area contributed by atoms with E-state index in [4.69, 9.17) is 9.47 Å². The summed E-state index contributed by atoms with van der Waals surface area (Å²) in [5.41, 5.74) is 4.07. The van der Waals surface area contributed by atoms with Gasteiger partial charge in [0.2, 0.25) is 5.91 Å². The van der Waals surface area contributed by atoms with E-state index in [0.29, 0.717) is 18.6 Å². The van der Waals surface area contributed by atoms with Crippen LogP contribution in [0.1, 0.15) is 37.7 Å². The lowest BCUT2D eigenvalue weighted by Gasteiger charge is -2.40. The zero-order chi connectivity index (χ0) is 22.2. The molecule has 0 bridgehead atoms. The van der Waals surface area contributed by atoms with Crippen LogP contribution >= 0.6 is 0 Å². The molecule has 6 rings (SSSR count). The number of nitrogens with zero attached hydrogens (tertiary/aromatic N) is 3. The summed E-state index contributed by atoms with van der Waals surface area (Å²) >= 11 is 0. The number of hydrogen-bond acceptors (Lipinski definition) is 6. The molecule has 3 aliphatic heterocycles. The first kappa shape index (κ1) is 20.9. The van der Waals surface area contributed by atoms with Gasteiger partial charge in [0.15, 0.2) is 0 Å². The number of fused-ring (bicyclic) bond motifs is 3. The number of aromatic nitrogens is 1. The summed E-state index contributed by atoms with van der Waals surface area (Å²) in [6.45, 7) is 4.62. The Morgan fingerprint density at radius 3 is 2.91 bits per heavy atom. The van der Waals surface area contributed by atoms with Gasteiger partial charge in [-0.05, 0) is 62.3 Å². The van der Waals surface area contributed by atoms with Gasteiger partial charge in [-0.2, -0.15) is 0 Å². The van der Waals surface area contributed by atoms with Crippen LogP contribution in [0.4, 0.5) is 22.9 Å². The number of anilines is 4. The molecule has 1 N–H and O–H groups in total. The number of hydrogen-bond donors (Lipinski definition) is 1. The summed E-state index contributed by atoms with van der Waals surface area (Å²) in [7, 11) is 0. The Labute approximate surface area is 195 Å². The maximum Gasteiger partial charge on any atom is 0.230 e. The standard InChI is InChI=1S/C26H32N4O3/c31-26(19-5-8-24-18(15-19)4-2-12-33-24)30-17-20-3-1-9-27-25(20)28-22-7-6-21(16-23(22)30)29-10-13-32-14-11-29/h1,3,6-7,9,16,18-19,24H,2,4-5,8,10-15,17H2,(H,27,28)/t18-,19+,24-/m0/s1. The number of amides is 1. The fourth-order valence-corrected chi connectivity index (χ4v) is 5.91. The Hall–Kier alpha value is -2.64. The van der Waals surface area contributed by atoms with Gasteiger partial charge in [0.05, 0.1) is 37.2 Å². The molecule has 2 aromatic rings. The zero-order valence-electron chi connectivity index (χ0n) is 19.0. The second kappa shape index (κ2) is 8.95. The molecule has 1 amide bonds. The minimum atomic E-state index is 0.0473. The number of carbonyl (C=O) groups excluding carboxylic acids is 1. The van der Waals surface area contributed by atoms with E-state index in [9.17, 15) is 4.79 Å². The third kappa shape index (κ3) is 4.08. The average Bonchev–Trinajstić information content (AvgIpc) is 3.05. The lowest BCUT2D eigenvalue weighted by molar-refractivity contribution is -0.127. The molecular formula is C26H32N4O3. The predicted octanol–water partition coefficient (Wildman–Crippen LogP) is 4.10. The third-order valence-corrected chi connectivity index (χ3v) is 7.70. The molecular weight excluding hydrogens is 416 g/mol. The van der Waals surface area contributed by atoms with Crippen molar-refractivity contribution >= 4 is 28.8 Å². The van der Waals surface area contributed by atoms with Gasteiger partial charge in [-0.3, -0.25) is 4.79 Å². The molecule has 7 heteroatoms. The molecule has 0 unspecified atom stereocenters. The molecule has 1 aromatic heterocycles. The average molecular weight is 449 g/mol. The van der Waals surface area contributed by atoms with Crippen LogP contribution in [0.3, 0.4) is 0 Å². The van der Waals surface area contributed by atoms with Crippen molar-refractivity contribution in [3.05, 3.63) is 42.1 Å². The minimum Gasteiger partial charge on any atom is -0.378 e. The second-order valence-corrected chi connectivity index (χ2v) is 9.68. The van der Waals surface area contributed by atoms with Gasteiger partial charge in [-0.15, -0.1) is 0 Å². The Balaban J connectivity index is 1.34. The van der Waals surface area contributed by atoms with Gasteiger partial charge >= 0.3 is 0 Å². The maximum atomic E-state index is 14.0. The highest BCUT2D eigenvalue weighted by Crippen LogP contribution is 2.42. The lowest BCUT2D eigenvalue weighted by Crippen LogP contribution is -2.42. The van der Waals surface area contributed by atoms with E-state index in [-0.39, 0.29) is 11.8 Å². The van der Waals surface area contributed by atoms with Crippen LogP contribution in [0, 0.1) is 11.8 Å². The number of carbonyl (C=O) groups is 1. The highest BCUT2D eigenvalue weighted by molar-refractivity contribution is 6.00. The van der Waals surface area contributed by atoms with Crippen molar-refractivity contribution in [2.24, 2.45) is 11.8 Å². The lowest BCUT2D eigenvalue weighted by atomic mass is 9.75. The van der Waals surface area contributed by atoms with Gasteiger partial charge in [-0.1, -0.05) is 6.07 Å². The van der Waals surface area contributed by atoms with Crippen molar-refractivity contribution in [1.29, 1.82) is 0 Å². The number of benzene rings is 1. The Morgan fingerprint density at radius 1 is 1.09 bits per heavy atom. The fourth-order valence-electron chi connectivity index (χ4n) is 5.91. The predicted molar refractivity (Wildman–Crippen MR) is 128 cm³/mol. The normalized spacial score (nSPS) is 27.0. The van der Waals surface area contributed by atoms with Crippen LogP contribution in [0.2, 0.25) is 0 Å². The minimum absolute atomic E-state index is 0.0473. The smallest absolute Gasteiger partial charge is 0.230 e. The Kier molecular flexibility index (Phi) is 5.68. The van der Waals surface area contributed by atoms with Gasteiger partial charge in [0, 0.05) is 43.1 Å². The van der Waals surface area contributed by atoms with E-state index in [1.54, 1.807) is 6.20 Å². The molecule has 1 saturated carbocycles. The van der Waals surface area contributed by atoms with E-state index in [2.05, 4.69) is 39.5 Å². The first-order valence-corrected chi connectivity index (χ1v) is 12.4. The highest BCUT2D eigenvalue weighted by atomic mass is 16.5. The third-order valence-electron chi connectivity index (χ3n) is 7.70. The summed E-state index contributed by atoms with van der Waals surface area (Å²) in [6.07, 6.45) is 7.27. The summed E-state index contributed by atoms with van der Waals surface area (Å²) < 4.78 is 11.5. The van der Waals surface area contributed by atoms with Gasteiger partial charge < -0.3 is 24.6 Å². The van der Waals surface area contributed by atoms with Gasteiger partial charge in [0.1, 0.15) is 5.82 Å².